The van der Waals surface area contributed by atoms with Gasteiger partial charge in [0.15, 0.2) is 0 Å². The summed E-state index contributed by atoms with van der Waals surface area (Å²) >= 11 is 0. The maximum Gasteiger partial charge on any atom is 0.410 e. The molecule has 26 heavy (non-hydrogen) atoms. The quantitative estimate of drug-likeness (QED) is 0.674. The summed E-state index contributed by atoms with van der Waals surface area (Å²) < 4.78 is 33.9. The molecule has 1 aliphatic heterocycles. The third-order valence-electron chi connectivity index (χ3n) is 5.08. The first kappa shape index (κ1) is 20.4. The van der Waals surface area contributed by atoms with E-state index >= 15 is 0 Å². The summed E-state index contributed by atoms with van der Waals surface area (Å²) in [6.45, 7) is 14.2. The van der Waals surface area contributed by atoms with E-state index in [1.807, 2.05) is 34.6 Å². The van der Waals surface area contributed by atoms with Crippen LogP contribution in [0, 0.1) is 11.6 Å². The highest BCUT2D eigenvalue weighted by Crippen LogP contribution is 2.44. The SMILES string of the molecule is C=C(C)C1(c2c(F)cc(F)cc2CC)CCN(C(=O)OC(C)(C)C)CC1. The lowest BCUT2D eigenvalue weighted by molar-refractivity contribution is 0.0177. The molecule has 0 bridgehead atoms. The topological polar surface area (TPSA) is 29.5 Å². The number of nitrogens with zero attached hydrogens (tertiary/aromatic N) is 1. The van der Waals surface area contributed by atoms with Gasteiger partial charge >= 0.3 is 6.09 Å². The molecule has 1 aromatic carbocycles. The molecule has 0 N–H and O–H groups in total. The Morgan fingerprint density at radius 3 is 2.31 bits per heavy atom. The van der Waals surface area contributed by atoms with Crippen LogP contribution in [-0.2, 0) is 16.6 Å². The lowest BCUT2D eigenvalue weighted by atomic mass is 9.66. The third-order valence-corrected chi connectivity index (χ3v) is 5.08. The number of piperidine rings is 1. The predicted octanol–water partition coefficient (Wildman–Crippen LogP) is 5.37. The lowest BCUT2D eigenvalue weighted by Gasteiger charge is -2.44. The Hall–Kier alpha value is -1.91. The second kappa shape index (κ2) is 7.37. The lowest BCUT2D eigenvalue weighted by Crippen LogP contribution is -2.47. The largest absolute Gasteiger partial charge is 0.444 e. The van der Waals surface area contributed by atoms with Gasteiger partial charge in [0.05, 0.1) is 0 Å². The van der Waals surface area contributed by atoms with Crippen molar-refractivity contribution in [3.8, 4) is 0 Å². The van der Waals surface area contributed by atoms with Crippen LogP contribution in [0.1, 0.15) is 58.6 Å². The molecule has 5 heteroatoms. The number of hydrogen-bond donors (Lipinski definition) is 0. The van der Waals surface area contributed by atoms with Crippen molar-refractivity contribution in [2.24, 2.45) is 0 Å². The standard InChI is InChI=1S/C21H29F2NO2/c1-7-15-12-16(22)13-17(23)18(15)21(14(2)3)8-10-24(11-9-21)19(25)26-20(4,5)6/h12-13H,2,7-11H2,1,3-6H3. The van der Waals surface area contributed by atoms with Gasteiger partial charge in [-0.2, -0.15) is 0 Å². The van der Waals surface area contributed by atoms with E-state index in [0.717, 1.165) is 11.6 Å². The summed E-state index contributed by atoms with van der Waals surface area (Å²) in [5.41, 5.74) is 0.871. The molecule has 0 spiro atoms. The number of rotatable bonds is 3. The highest BCUT2D eigenvalue weighted by atomic mass is 19.1. The molecule has 0 aliphatic carbocycles. The number of amides is 1. The van der Waals surface area contributed by atoms with Gasteiger partial charge in [-0.05, 0) is 58.6 Å². The van der Waals surface area contributed by atoms with Crippen molar-refractivity contribution in [1.82, 2.24) is 4.90 Å². The van der Waals surface area contributed by atoms with Crippen molar-refractivity contribution in [1.29, 1.82) is 0 Å². The summed E-state index contributed by atoms with van der Waals surface area (Å²) in [7, 11) is 0. The molecule has 2 rings (SSSR count). The number of benzene rings is 1. The molecule has 1 heterocycles. The second-order valence-electron chi connectivity index (χ2n) is 8.11. The zero-order chi connectivity index (χ0) is 19.7. The van der Waals surface area contributed by atoms with E-state index in [0.29, 0.717) is 43.5 Å². The Labute approximate surface area is 155 Å². The van der Waals surface area contributed by atoms with Gasteiger partial charge in [0.2, 0.25) is 0 Å². The Morgan fingerprint density at radius 2 is 1.85 bits per heavy atom. The molecule has 0 atom stereocenters. The number of halogens is 2. The van der Waals surface area contributed by atoms with E-state index in [9.17, 15) is 13.6 Å². The average molecular weight is 365 g/mol. The van der Waals surface area contributed by atoms with Gasteiger partial charge in [0.1, 0.15) is 17.2 Å². The molecule has 0 saturated carbocycles. The van der Waals surface area contributed by atoms with Crippen LogP contribution >= 0.6 is 0 Å². The molecule has 1 saturated heterocycles. The first-order chi connectivity index (χ1) is 12.0. The number of allylic oxidation sites excluding steroid dienone is 1. The van der Waals surface area contributed by atoms with Crippen molar-refractivity contribution >= 4 is 6.09 Å². The zero-order valence-electron chi connectivity index (χ0n) is 16.4. The van der Waals surface area contributed by atoms with Gasteiger partial charge in [0, 0.05) is 30.1 Å². The van der Waals surface area contributed by atoms with Crippen LogP contribution in [0.3, 0.4) is 0 Å². The third kappa shape index (κ3) is 4.08. The monoisotopic (exact) mass is 365 g/mol. The molecule has 144 valence electrons. The Morgan fingerprint density at radius 1 is 1.27 bits per heavy atom. The van der Waals surface area contributed by atoms with Crippen molar-refractivity contribution in [2.75, 3.05) is 13.1 Å². The van der Waals surface area contributed by atoms with Gasteiger partial charge in [-0.3, -0.25) is 0 Å². The first-order valence-corrected chi connectivity index (χ1v) is 9.12. The van der Waals surface area contributed by atoms with Gasteiger partial charge in [0.25, 0.3) is 0 Å². The molecule has 1 fully saturated rings. The number of aryl methyl sites for hydroxylation is 1. The highest BCUT2D eigenvalue weighted by molar-refractivity contribution is 5.68. The van der Waals surface area contributed by atoms with Crippen LogP contribution < -0.4 is 0 Å². The zero-order valence-corrected chi connectivity index (χ0v) is 16.4. The fourth-order valence-corrected chi connectivity index (χ4v) is 3.73. The van der Waals surface area contributed by atoms with Crippen molar-refractivity contribution in [3.05, 3.63) is 47.0 Å². The Kier molecular flexibility index (Phi) is 5.79. The van der Waals surface area contributed by atoms with E-state index < -0.39 is 22.7 Å². The van der Waals surface area contributed by atoms with Crippen molar-refractivity contribution in [3.63, 3.8) is 0 Å². The number of likely N-dealkylation sites (tertiary alicyclic amines) is 1. The van der Waals surface area contributed by atoms with Gasteiger partial charge in [-0.15, -0.1) is 0 Å². The summed E-state index contributed by atoms with van der Waals surface area (Å²) in [5, 5.41) is 0. The maximum atomic E-state index is 14.8. The summed E-state index contributed by atoms with van der Waals surface area (Å²) in [5.74, 6) is -1.10. The Balaban J connectivity index is 2.33. The van der Waals surface area contributed by atoms with E-state index in [4.69, 9.17) is 4.74 Å². The number of carbonyl (C=O) groups excluding carboxylic acids is 1. The van der Waals surface area contributed by atoms with Gasteiger partial charge < -0.3 is 9.64 Å². The van der Waals surface area contributed by atoms with Crippen molar-refractivity contribution < 1.29 is 18.3 Å². The van der Waals surface area contributed by atoms with E-state index in [-0.39, 0.29) is 6.09 Å². The smallest absolute Gasteiger partial charge is 0.410 e. The summed E-state index contributed by atoms with van der Waals surface area (Å²) in [6.07, 6.45) is 1.26. The fraction of sp³-hybridized carbons (Fsp3) is 0.571. The minimum absolute atomic E-state index is 0.358. The normalized spacial score (nSPS) is 17.1. The number of carbonyl (C=O) groups is 1. The number of ether oxygens (including phenoxy) is 1. The van der Waals surface area contributed by atoms with E-state index in [2.05, 4.69) is 6.58 Å². The fourth-order valence-electron chi connectivity index (χ4n) is 3.73. The Bertz CT molecular complexity index is 699. The molecule has 1 aliphatic rings. The van der Waals surface area contributed by atoms with E-state index in [1.54, 1.807) is 4.90 Å². The van der Waals surface area contributed by atoms with Crippen LogP contribution in [0.4, 0.5) is 13.6 Å². The van der Waals surface area contributed by atoms with Crippen LogP contribution in [0.25, 0.3) is 0 Å². The molecule has 0 aromatic heterocycles. The summed E-state index contributed by atoms with van der Waals surface area (Å²) in [6, 6.07) is 2.35. The molecule has 1 amide bonds. The van der Waals surface area contributed by atoms with Crippen LogP contribution in [0.5, 0.6) is 0 Å². The molecule has 0 radical (unpaired) electrons. The van der Waals surface area contributed by atoms with Gasteiger partial charge in [-0.25, -0.2) is 13.6 Å². The predicted molar refractivity (Wildman–Crippen MR) is 99.3 cm³/mol. The second-order valence-corrected chi connectivity index (χ2v) is 8.11. The minimum atomic E-state index is -0.596. The average Bonchev–Trinajstić information content (AvgIpc) is 2.52. The molecule has 1 aromatic rings. The van der Waals surface area contributed by atoms with E-state index in [1.165, 1.54) is 6.07 Å². The first-order valence-electron chi connectivity index (χ1n) is 9.12. The minimum Gasteiger partial charge on any atom is -0.444 e. The molecule has 3 nitrogen and oxygen atoms in total. The van der Waals surface area contributed by atoms with Crippen molar-refractivity contribution in [2.45, 2.75) is 64.9 Å². The van der Waals surface area contributed by atoms with Gasteiger partial charge in [-0.1, -0.05) is 19.1 Å². The number of hydrogen-bond acceptors (Lipinski definition) is 2. The molecule has 0 unspecified atom stereocenters. The summed E-state index contributed by atoms with van der Waals surface area (Å²) in [4.78, 5) is 14.0. The maximum absolute atomic E-state index is 14.8. The highest BCUT2D eigenvalue weighted by Gasteiger charge is 2.42. The van der Waals surface area contributed by atoms with Crippen LogP contribution in [0.2, 0.25) is 0 Å². The van der Waals surface area contributed by atoms with Crippen LogP contribution in [0.15, 0.2) is 24.3 Å². The molecular formula is C21H29F2NO2. The van der Waals surface area contributed by atoms with Crippen LogP contribution in [-0.4, -0.2) is 29.7 Å². The molecular weight excluding hydrogens is 336 g/mol.